The number of halogens is 1. The lowest BCUT2D eigenvalue weighted by atomic mass is 9.96. The number of hydrogen-bond acceptors (Lipinski definition) is 3. The van der Waals surface area contributed by atoms with Crippen LogP contribution in [0.15, 0.2) is 24.3 Å². The minimum Gasteiger partial charge on any atom is -0.373 e. The Balaban J connectivity index is 1.32. The van der Waals surface area contributed by atoms with E-state index in [-0.39, 0.29) is 11.5 Å². The molecule has 1 aromatic rings. The van der Waals surface area contributed by atoms with E-state index in [4.69, 9.17) is 16.3 Å². The maximum Gasteiger partial charge on any atom is 0.233 e. The van der Waals surface area contributed by atoms with Crippen molar-refractivity contribution in [1.82, 2.24) is 10.6 Å². The Bertz CT molecular complexity index is 544. The van der Waals surface area contributed by atoms with Gasteiger partial charge in [-0.05, 0) is 43.4 Å². The third kappa shape index (κ3) is 4.69. The van der Waals surface area contributed by atoms with Gasteiger partial charge in [-0.1, -0.05) is 36.6 Å². The summed E-state index contributed by atoms with van der Waals surface area (Å²) in [6.45, 7) is 1.72. The van der Waals surface area contributed by atoms with Crippen LogP contribution in [0.1, 0.15) is 37.7 Å². The monoisotopic (exact) mass is 336 g/mol. The summed E-state index contributed by atoms with van der Waals surface area (Å²) in [5.74, 6) is 0.0411. The first kappa shape index (κ1) is 16.7. The second-order valence-corrected chi connectivity index (χ2v) is 7.15. The second kappa shape index (κ2) is 7.65. The quantitative estimate of drug-likeness (QED) is 0.839. The fourth-order valence-corrected chi connectivity index (χ4v) is 3.89. The predicted molar refractivity (Wildman–Crippen MR) is 91.7 cm³/mol. The zero-order valence-corrected chi connectivity index (χ0v) is 14.2. The maximum atomic E-state index is 11.9. The van der Waals surface area contributed by atoms with Crippen LogP contribution in [0, 0.1) is 0 Å². The highest BCUT2D eigenvalue weighted by Crippen LogP contribution is 2.40. The molecule has 0 aromatic heterocycles. The summed E-state index contributed by atoms with van der Waals surface area (Å²) in [5.41, 5.74) is 1.25. The average molecular weight is 337 g/mol. The summed E-state index contributed by atoms with van der Waals surface area (Å²) in [7, 11) is 0. The van der Waals surface area contributed by atoms with Crippen LogP contribution in [-0.2, 0) is 16.0 Å². The Morgan fingerprint density at radius 3 is 2.96 bits per heavy atom. The average Bonchev–Trinajstić information content (AvgIpc) is 3.16. The molecule has 1 spiro atoms. The zero-order chi connectivity index (χ0) is 16.1. The van der Waals surface area contributed by atoms with Crippen LogP contribution in [0.4, 0.5) is 0 Å². The van der Waals surface area contributed by atoms with Crippen molar-refractivity contribution in [2.45, 2.75) is 50.2 Å². The van der Waals surface area contributed by atoms with Crippen molar-refractivity contribution in [2.24, 2.45) is 0 Å². The molecule has 1 saturated carbocycles. The maximum absolute atomic E-state index is 11.9. The molecule has 126 valence electrons. The molecule has 1 aliphatic heterocycles. The molecule has 2 aliphatic rings. The first-order chi connectivity index (χ1) is 11.2. The molecule has 1 atom stereocenters. The van der Waals surface area contributed by atoms with Crippen LogP contribution in [0.25, 0.3) is 0 Å². The standard InChI is InChI=1S/C18H25ClN2O2/c19-15-5-3-4-14(10-15)6-9-20-17(22)12-21-16-11-18(23-13-16)7-1-2-8-18/h3-5,10,16,21H,1-2,6-9,11-13H2,(H,20,22)/t16-/m0/s1. The second-order valence-electron chi connectivity index (χ2n) is 6.71. The topological polar surface area (TPSA) is 50.4 Å². The number of carbonyl (C=O) groups excluding carboxylic acids is 1. The summed E-state index contributed by atoms with van der Waals surface area (Å²) in [5, 5.41) is 7.02. The van der Waals surface area contributed by atoms with E-state index in [1.807, 2.05) is 24.3 Å². The van der Waals surface area contributed by atoms with Gasteiger partial charge >= 0.3 is 0 Å². The van der Waals surface area contributed by atoms with Crippen molar-refractivity contribution in [3.05, 3.63) is 34.9 Å². The number of nitrogens with one attached hydrogen (secondary N) is 2. The van der Waals surface area contributed by atoms with Gasteiger partial charge in [-0.15, -0.1) is 0 Å². The van der Waals surface area contributed by atoms with E-state index in [0.717, 1.165) is 30.0 Å². The van der Waals surface area contributed by atoms with Crippen LogP contribution in [-0.4, -0.2) is 37.2 Å². The molecule has 4 nitrogen and oxygen atoms in total. The van der Waals surface area contributed by atoms with E-state index in [2.05, 4.69) is 10.6 Å². The predicted octanol–water partition coefficient (Wildman–Crippen LogP) is 2.69. The van der Waals surface area contributed by atoms with Crippen molar-refractivity contribution in [3.63, 3.8) is 0 Å². The number of rotatable bonds is 6. The molecule has 2 N–H and O–H groups in total. The van der Waals surface area contributed by atoms with Gasteiger partial charge < -0.3 is 15.4 Å². The van der Waals surface area contributed by atoms with Crippen LogP contribution < -0.4 is 10.6 Å². The molecule has 1 aliphatic carbocycles. The summed E-state index contributed by atoms with van der Waals surface area (Å²) in [6, 6.07) is 8.05. The minimum atomic E-state index is 0.0411. The molecule has 0 unspecified atom stereocenters. The van der Waals surface area contributed by atoms with Crippen LogP contribution in [0.2, 0.25) is 5.02 Å². The molecule has 2 fully saturated rings. The Kier molecular flexibility index (Phi) is 5.57. The molecule has 1 aromatic carbocycles. The lowest BCUT2D eigenvalue weighted by Crippen LogP contribution is -2.40. The number of carbonyl (C=O) groups is 1. The first-order valence-corrected chi connectivity index (χ1v) is 8.92. The van der Waals surface area contributed by atoms with Gasteiger partial charge in [-0.25, -0.2) is 0 Å². The minimum absolute atomic E-state index is 0.0411. The first-order valence-electron chi connectivity index (χ1n) is 8.54. The summed E-state index contributed by atoms with van der Waals surface area (Å²) in [4.78, 5) is 11.9. The van der Waals surface area contributed by atoms with Crippen LogP contribution in [0.3, 0.4) is 0 Å². The summed E-state index contributed by atoms with van der Waals surface area (Å²) in [6.07, 6.45) is 6.74. The molecule has 5 heteroatoms. The van der Waals surface area contributed by atoms with Crippen molar-refractivity contribution in [3.8, 4) is 0 Å². The van der Waals surface area contributed by atoms with Gasteiger partial charge in [0, 0.05) is 17.6 Å². The van der Waals surface area contributed by atoms with Crippen LogP contribution >= 0.6 is 11.6 Å². The lowest BCUT2D eigenvalue weighted by Gasteiger charge is -2.21. The van der Waals surface area contributed by atoms with Gasteiger partial charge in [0.15, 0.2) is 0 Å². The van der Waals surface area contributed by atoms with E-state index >= 15 is 0 Å². The largest absolute Gasteiger partial charge is 0.373 e. The molecule has 0 bridgehead atoms. The molecule has 1 heterocycles. The fourth-order valence-electron chi connectivity index (χ4n) is 3.68. The number of benzene rings is 1. The molecule has 1 amide bonds. The van der Waals surface area contributed by atoms with Crippen molar-refractivity contribution in [1.29, 1.82) is 0 Å². The molecule has 23 heavy (non-hydrogen) atoms. The molecular weight excluding hydrogens is 312 g/mol. The summed E-state index contributed by atoms with van der Waals surface area (Å²) >= 11 is 5.95. The van der Waals surface area contributed by atoms with E-state index in [9.17, 15) is 4.79 Å². The molecule has 3 rings (SSSR count). The van der Waals surface area contributed by atoms with Crippen LogP contribution in [0.5, 0.6) is 0 Å². The highest BCUT2D eigenvalue weighted by Gasteiger charge is 2.42. The molecular formula is C18H25ClN2O2. The molecule has 0 radical (unpaired) electrons. The Morgan fingerprint density at radius 2 is 2.17 bits per heavy atom. The van der Waals surface area contributed by atoms with E-state index < -0.39 is 0 Å². The van der Waals surface area contributed by atoms with Gasteiger partial charge in [0.1, 0.15) is 0 Å². The number of ether oxygens (including phenoxy) is 1. The van der Waals surface area contributed by atoms with E-state index in [1.165, 1.54) is 25.7 Å². The third-order valence-corrected chi connectivity index (χ3v) is 5.14. The van der Waals surface area contributed by atoms with Gasteiger partial charge in [-0.3, -0.25) is 4.79 Å². The Labute approximate surface area is 142 Å². The molecule has 1 saturated heterocycles. The Hall–Kier alpha value is -1.10. The van der Waals surface area contributed by atoms with Crippen molar-refractivity contribution in [2.75, 3.05) is 19.7 Å². The van der Waals surface area contributed by atoms with Gasteiger partial charge in [-0.2, -0.15) is 0 Å². The lowest BCUT2D eigenvalue weighted by molar-refractivity contribution is -0.120. The highest BCUT2D eigenvalue weighted by molar-refractivity contribution is 6.30. The Morgan fingerprint density at radius 1 is 1.35 bits per heavy atom. The fraction of sp³-hybridized carbons (Fsp3) is 0.611. The smallest absolute Gasteiger partial charge is 0.233 e. The van der Waals surface area contributed by atoms with E-state index in [1.54, 1.807) is 0 Å². The highest BCUT2D eigenvalue weighted by atomic mass is 35.5. The normalized spacial score (nSPS) is 22.6. The van der Waals surface area contributed by atoms with Crippen molar-refractivity contribution < 1.29 is 9.53 Å². The van der Waals surface area contributed by atoms with Gasteiger partial charge in [0.2, 0.25) is 5.91 Å². The SMILES string of the molecule is O=C(CN[C@@H]1COC2(CCCC2)C1)NCCc1cccc(Cl)c1. The van der Waals surface area contributed by atoms with Gasteiger partial charge in [0.05, 0.1) is 18.8 Å². The van der Waals surface area contributed by atoms with E-state index in [0.29, 0.717) is 19.1 Å². The zero-order valence-electron chi connectivity index (χ0n) is 13.4. The number of hydrogen-bond donors (Lipinski definition) is 2. The summed E-state index contributed by atoms with van der Waals surface area (Å²) < 4.78 is 5.99. The number of amides is 1. The third-order valence-electron chi connectivity index (χ3n) is 4.90. The van der Waals surface area contributed by atoms with Gasteiger partial charge in [0.25, 0.3) is 0 Å². The van der Waals surface area contributed by atoms with Crippen molar-refractivity contribution >= 4 is 17.5 Å².